The number of esters is 1. The highest BCUT2D eigenvalue weighted by molar-refractivity contribution is 5.82. The van der Waals surface area contributed by atoms with Crippen LogP contribution < -0.4 is 14.8 Å². The molecule has 6 nitrogen and oxygen atoms in total. The summed E-state index contributed by atoms with van der Waals surface area (Å²) >= 11 is 0. The maximum atomic E-state index is 12.1. The van der Waals surface area contributed by atoms with Crippen molar-refractivity contribution in [2.45, 2.75) is 32.7 Å². The Morgan fingerprint density at radius 2 is 1.92 bits per heavy atom. The molecule has 0 aromatic heterocycles. The van der Waals surface area contributed by atoms with Crippen LogP contribution in [0.5, 0.6) is 11.5 Å². The molecule has 1 N–H and O–H groups in total. The Morgan fingerprint density at radius 3 is 2.58 bits per heavy atom. The van der Waals surface area contributed by atoms with Crippen molar-refractivity contribution in [3.05, 3.63) is 23.8 Å². The number of nitrogens with one attached hydrogen (secondary N) is 1. The number of hydrogen-bond acceptors (Lipinski definition) is 5. The van der Waals surface area contributed by atoms with Crippen LogP contribution >= 0.6 is 0 Å². The number of hydrogen-bond donors (Lipinski definition) is 1. The second-order valence-electron chi connectivity index (χ2n) is 6.57. The predicted molar refractivity (Wildman–Crippen MR) is 86.8 cm³/mol. The van der Waals surface area contributed by atoms with Gasteiger partial charge in [-0.2, -0.15) is 0 Å². The summed E-state index contributed by atoms with van der Waals surface area (Å²) in [6.45, 7) is 4.88. The molecular weight excluding hydrogens is 310 g/mol. The van der Waals surface area contributed by atoms with Crippen molar-refractivity contribution in [1.29, 1.82) is 0 Å². The highest BCUT2D eigenvalue weighted by Crippen LogP contribution is 2.34. The van der Waals surface area contributed by atoms with Crippen molar-refractivity contribution in [3.8, 4) is 11.5 Å². The number of carbonyl (C=O) groups excluding carboxylic acids is 2. The smallest absolute Gasteiger partial charge is 0.309 e. The molecule has 24 heavy (non-hydrogen) atoms. The quantitative estimate of drug-likeness (QED) is 0.808. The van der Waals surface area contributed by atoms with Gasteiger partial charge in [0.25, 0.3) is 5.91 Å². The van der Waals surface area contributed by atoms with E-state index in [1.807, 2.05) is 32.0 Å². The Kier molecular flexibility index (Phi) is 4.92. The van der Waals surface area contributed by atoms with Gasteiger partial charge >= 0.3 is 5.97 Å². The van der Waals surface area contributed by atoms with Crippen LogP contribution in [0.3, 0.4) is 0 Å². The van der Waals surface area contributed by atoms with Gasteiger partial charge in [-0.15, -0.1) is 0 Å². The fraction of sp³-hybridized carbons (Fsp3) is 0.556. The minimum atomic E-state index is -0.294. The van der Waals surface area contributed by atoms with Crippen LogP contribution in [0.4, 0.5) is 0 Å². The standard InChI is InChI=1S/C18H23NO5/c1-11(2)17(19-16(20)10-24-18(21)12-3-4-12)13-5-6-14-15(9-13)23-8-7-22-14/h5-6,9,11-12,17H,3-4,7-8,10H2,1-2H3,(H,19,20)/t17-/m1/s1. The first-order valence-corrected chi connectivity index (χ1v) is 8.40. The Labute approximate surface area is 141 Å². The van der Waals surface area contributed by atoms with Gasteiger partial charge in [-0.3, -0.25) is 9.59 Å². The second kappa shape index (κ2) is 7.11. The van der Waals surface area contributed by atoms with Gasteiger partial charge < -0.3 is 19.5 Å². The third kappa shape index (κ3) is 3.99. The lowest BCUT2D eigenvalue weighted by atomic mass is 9.95. The first-order chi connectivity index (χ1) is 11.5. The molecule has 0 radical (unpaired) electrons. The lowest BCUT2D eigenvalue weighted by Crippen LogP contribution is -2.35. The first-order valence-electron chi connectivity index (χ1n) is 8.40. The summed E-state index contributed by atoms with van der Waals surface area (Å²) in [4.78, 5) is 23.7. The van der Waals surface area contributed by atoms with Crippen molar-refractivity contribution in [2.24, 2.45) is 11.8 Å². The van der Waals surface area contributed by atoms with Crippen LogP contribution in [-0.2, 0) is 14.3 Å². The van der Waals surface area contributed by atoms with E-state index in [9.17, 15) is 9.59 Å². The molecule has 1 saturated carbocycles. The number of fused-ring (bicyclic) bond motifs is 1. The van der Waals surface area contributed by atoms with E-state index in [1.54, 1.807) is 0 Å². The lowest BCUT2D eigenvalue weighted by molar-refractivity contribution is -0.150. The van der Waals surface area contributed by atoms with Gasteiger partial charge in [0.2, 0.25) is 0 Å². The molecule has 1 aliphatic carbocycles. The van der Waals surface area contributed by atoms with Gasteiger partial charge in [-0.05, 0) is 36.5 Å². The summed E-state index contributed by atoms with van der Waals surface area (Å²) in [7, 11) is 0. The fourth-order valence-corrected chi connectivity index (χ4v) is 2.68. The van der Waals surface area contributed by atoms with Crippen LogP contribution in [0.1, 0.15) is 38.3 Å². The molecule has 1 aliphatic heterocycles. The average molecular weight is 333 g/mol. The molecule has 1 amide bonds. The van der Waals surface area contributed by atoms with Crippen LogP contribution in [-0.4, -0.2) is 31.7 Å². The SMILES string of the molecule is CC(C)[C@@H](NC(=O)COC(=O)C1CC1)c1ccc2c(c1)OCCO2. The molecule has 0 saturated heterocycles. The summed E-state index contributed by atoms with van der Waals surface area (Å²) in [5, 5.41) is 2.94. The van der Waals surface area contributed by atoms with Gasteiger partial charge in [0, 0.05) is 0 Å². The second-order valence-corrected chi connectivity index (χ2v) is 6.57. The molecule has 1 aromatic carbocycles. The van der Waals surface area contributed by atoms with Crippen LogP contribution in [0.2, 0.25) is 0 Å². The van der Waals surface area contributed by atoms with Crippen molar-refractivity contribution in [2.75, 3.05) is 19.8 Å². The van der Waals surface area contributed by atoms with E-state index in [-0.39, 0.29) is 36.4 Å². The number of carbonyl (C=O) groups is 2. The van der Waals surface area contributed by atoms with E-state index < -0.39 is 0 Å². The highest BCUT2D eigenvalue weighted by Gasteiger charge is 2.31. The zero-order valence-electron chi connectivity index (χ0n) is 14.0. The molecule has 0 unspecified atom stereocenters. The van der Waals surface area contributed by atoms with Gasteiger partial charge in [0.1, 0.15) is 13.2 Å². The molecule has 6 heteroatoms. The number of benzene rings is 1. The molecule has 1 heterocycles. The van der Waals surface area contributed by atoms with Crippen molar-refractivity contribution >= 4 is 11.9 Å². The molecule has 0 bridgehead atoms. The predicted octanol–water partition coefficient (Wildman–Crippen LogP) is 2.22. The monoisotopic (exact) mass is 333 g/mol. The first kappa shape index (κ1) is 16.6. The molecule has 1 atom stereocenters. The van der Waals surface area contributed by atoms with E-state index in [4.69, 9.17) is 14.2 Å². The summed E-state index contributed by atoms with van der Waals surface area (Å²) in [6.07, 6.45) is 1.73. The summed E-state index contributed by atoms with van der Waals surface area (Å²) in [6, 6.07) is 5.50. The van der Waals surface area contributed by atoms with Crippen LogP contribution in [0.25, 0.3) is 0 Å². The van der Waals surface area contributed by atoms with Crippen LogP contribution in [0.15, 0.2) is 18.2 Å². The van der Waals surface area contributed by atoms with Crippen LogP contribution in [0, 0.1) is 11.8 Å². The molecular formula is C18H23NO5. The Hall–Kier alpha value is -2.24. The maximum Gasteiger partial charge on any atom is 0.309 e. The van der Waals surface area contributed by atoms with E-state index in [1.165, 1.54) is 0 Å². The highest BCUT2D eigenvalue weighted by atomic mass is 16.6. The average Bonchev–Trinajstić information content (AvgIpc) is 3.42. The maximum absolute atomic E-state index is 12.1. The topological polar surface area (TPSA) is 73.9 Å². The number of rotatable bonds is 6. The normalized spacial score (nSPS) is 17.3. The summed E-state index contributed by atoms with van der Waals surface area (Å²) in [5.74, 6) is 1.02. The Morgan fingerprint density at radius 1 is 1.21 bits per heavy atom. The lowest BCUT2D eigenvalue weighted by Gasteiger charge is -2.25. The van der Waals surface area contributed by atoms with Gasteiger partial charge in [-0.1, -0.05) is 19.9 Å². The molecule has 2 aliphatic rings. The molecule has 1 fully saturated rings. The zero-order chi connectivity index (χ0) is 17.1. The van der Waals surface area contributed by atoms with Gasteiger partial charge in [0.15, 0.2) is 18.1 Å². The minimum absolute atomic E-state index is 0.00325. The largest absolute Gasteiger partial charge is 0.486 e. The summed E-state index contributed by atoms with van der Waals surface area (Å²) in [5.41, 5.74) is 0.941. The molecule has 0 spiro atoms. The van der Waals surface area contributed by atoms with Gasteiger partial charge in [0.05, 0.1) is 12.0 Å². The van der Waals surface area contributed by atoms with E-state index in [0.29, 0.717) is 19.0 Å². The zero-order valence-corrected chi connectivity index (χ0v) is 14.0. The fourth-order valence-electron chi connectivity index (χ4n) is 2.68. The van der Waals surface area contributed by atoms with Crippen molar-refractivity contribution in [3.63, 3.8) is 0 Å². The molecule has 3 rings (SSSR count). The molecule has 130 valence electrons. The van der Waals surface area contributed by atoms with Crippen molar-refractivity contribution < 1.29 is 23.8 Å². The Bertz CT molecular complexity index is 624. The van der Waals surface area contributed by atoms with Crippen molar-refractivity contribution in [1.82, 2.24) is 5.32 Å². The molecule has 1 aromatic rings. The van der Waals surface area contributed by atoms with E-state index >= 15 is 0 Å². The third-order valence-electron chi connectivity index (χ3n) is 4.16. The number of ether oxygens (including phenoxy) is 3. The minimum Gasteiger partial charge on any atom is -0.486 e. The van der Waals surface area contributed by atoms with Gasteiger partial charge in [-0.25, -0.2) is 0 Å². The third-order valence-corrected chi connectivity index (χ3v) is 4.16. The van der Waals surface area contributed by atoms with E-state index in [0.717, 1.165) is 24.2 Å². The number of amides is 1. The Balaban J connectivity index is 1.63. The summed E-state index contributed by atoms with van der Waals surface area (Å²) < 4.78 is 16.2. The van der Waals surface area contributed by atoms with E-state index in [2.05, 4.69) is 5.32 Å².